The molecule has 0 saturated carbocycles. The standard InChI is InChI=1S/C17H20N2/c1-3-19(2)12-11-15(13-18)17-10-6-8-14-7-4-5-9-16(14)17/h4-10,15H,3,11-12H2,1-2H3/t15-/m0/s1. The first-order valence-corrected chi connectivity index (χ1v) is 6.82. The van der Waals surface area contributed by atoms with Crippen molar-refractivity contribution in [2.75, 3.05) is 20.1 Å². The minimum absolute atomic E-state index is 0.0277. The molecule has 0 aliphatic rings. The van der Waals surface area contributed by atoms with Gasteiger partial charge in [0.25, 0.3) is 0 Å². The van der Waals surface area contributed by atoms with Crippen LogP contribution in [0.25, 0.3) is 10.8 Å². The lowest BCUT2D eigenvalue weighted by Crippen LogP contribution is -2.20. The van der Waals surface area contributed by atoms with Crippen LogP contribution < -0.4 is 0 Å². The Kier molecular flexibility index (Phi) is 4.54. The van der Waals surface area contributed by atoms with Crippen LogP contribution in [-0.4, -0.2) is 25.0 Å². The molecule has 2 aromatic carbocycles. The number of nitrogens with zero attached hydrogens (tertiary/aromatic N) is 2. The summed E-state index contributed by atoms with van der Waals surface area (Å²) in [4.78, 5) is 2.25. The molecular weight excluding hydrogens is 232 g/mol. The van der Waals surface area contributed by atoms with E-state index in [1.807, 2.05) is 18.2 Å². The summed E-state index contributed by atoms with van der Waals surface area (Å²) >= 11 is 0. The van der Waals surface area contributed by atoms with E-state index in [1.54, 1.807) is 0 Å². The largest absolute Gasteiger partial charge is 0.307 e. The second-order valence-electron chi connectivity index (χ2n) is 4.93. The quantitative estimate of drug-likeness (QED) is 0.809. The van der Waals surface area contributed by atoms with Crippen molar-refractivity contribution in [2.24, 2.45) is 0 Å². The maximum absolute atomic E-state index is 9.46. The summed E-state index contributed by atoms with van der Waals surface area (Å²) in [6.45, 7) is 4.12. The van der Waals surface area contributed by atoms with Crippen molar-refractivity contribution >= 4 is 10.8 Å². The molecule has 2 aromatic rings. The molecule has 0 N–H and O–H groups in total. The molecule has 0 saturated heterocycles. The average molecular weight is 252 g/mol. The molecule has 98 valence electrons. The van der Waals surface area contributed by atoms with E-state index in [-0.39, 0.29) is 5.92 Å². The van der Waals surface area contributed by atoms with Crippen molar-refractivity contribution in [3.63, 3.8) is 0 Å². The Morgan fingerprint density at radius 3 is 2.63 bits per heavy atom. The third-order valence-corrected chi connectivity index (χ3v) is 3.69. The zero-order chi connectivity index (χ0) is 13.7. The van der Waals surface area contributed by atoms with E-state index in [0.29, 0.717) is 0 Å². The van der Waals surface area contributed by atoms with E-state index in [9.17, 15) is 5.26 Å². The zero-order valence-corrected chi connectivity index (χ0v) is 11.6. The first-order valence-electron chi connectivity index (χ1n) is 6.82. The summed E-state index contributed by atoms with van der Waals surface area (Å²) in [6.07, 6.45) is 0.884. The molecule has 0 aliphatic carbocycles. The Morgan fingerprint density at radius 1 is 1.16 bits per heavy atom. The molecule has 0 fully saturated rings. The second kappa shape index (κ2) is 6.36. The first-order chi connectivity index (χ1) is 9.26. The van der Waals surface area contributed by atoms with Crippen LogP contribution in [-0.2, 0) is 0 Å². The molecule has 0 spiro atoms. The highest BCUT2D eigenvalue weighted by Crippen LogP contribution is 2.27. The van der Waals surface area contributed by atoms with Crippen molar-refractivity contribution < 1.29 is 0 Å². The van der Waals surface area contributed by atoms with E-state index in [0.717, 1.165) is 25.1 Å². The monoisotopic (exact) mass is 252 g/mol. The van der Waals surface area contributed by atoms with Gasteiger partial charge in [0.1, 0.15) is 0 Å². The van der Waals surface area contributed by atoms with Crippen molar-refractivity contribution in [2.45, 2.75) is 19.3 Å². The van der Waals surface area contributed by atoms with E-state index in [2.05, 4.69) is 49.2 Å². The minimum Gasteiger partial charge on any atom is -0.307 e. The highest BCUT2D eigenvalue weighted by molar-refractivity contribution is 5.86. The fourth-order valence-corrected chi connectivity index (χ4v) is 2.35. The predicted molar refractivity (Wildman–Crippen MR) is 80.1 cm³/mol. The van der Waals surface area contributed by atoms with E-state index in [4.69, 9.17) is 0 Å². The van der Waals surface area contributed by atoms with Crippen molar-refractivity contribution in [3.8, 4) is 6.07 Å². The van der Waals surface area contributed by atoms with Gasteiger partial charge in [0.15, 0.2) is 0 Å². The van der Waals surface area contributed by atoms with Gasteiger partial charge in [-0.05, 0) is 42.9 Å². The highest BCUT2D eigenvalue weighted by Gasteiger charge is 2.13. The number of hydrogen-bond donors (Lipinski definition) is 0. The van der Waals surface area contributed by atoms with Gasteiger partial charge >= 0.3 is 0 Å². The molecule has 0 unspecified atom stereocenters. The molecule has 2 rings (SSSR count). The van der Waals surface area contributed by atoms with E-state index in [1.165, 1.54) is 10.8 Å². The molecular formula is C17H20N2. The second-order valence-corrected chi connectivity index (χ2v) is 4.93. The number of fused-ring (bicyclic) bond motifs is 1. The predicted octanol–water partition coefficient (Wildman–Crippen LogP) is 3.79. The Hall–Kier alpha value is -1.85. The van der Waals surface area contributed by atoms with Crippen LogP contribution in [0.3, 0.4) is 0 Å². The third kappa shape index (κ3) is 3.13. The van der Waals surface area contributed by atoms with Gasteiger partial charge in [0, 0.05) is 0 Å². The summed E-state index contributed by atoms with van der Waals surface area (Å²) in [6, 6.07) is 17.0. The Morgan fingerprint density at radius 2 is 1.89 bits per heavy atom. The van der Waals surface area contributed by atoms with E-state index >= 15 is 0 Å². The Balaban J connectivity index is 2.28. The zero-order valence-electron chi connectivity index (χ0n) is 11.6. The van der Waals surface area contributed by atoms with Crippen LogP contribution >= 0.6 is 0 Å². The molecule has 0 heterocycles. The van der Waals surface area contributed by atoms with Crippen LogP contribution in [0.2, 0.25) is 0 Å². The summed E-state index contributed by atoms with van der Waals surface area (Å²) in [5, 5.41) is 11.9. The molecule has 0 bridgehead atoms. The highest BCUT2D eigenvalue weighted by atomic mass is 15.1. The maximum atomic E-state index is 9.46. The van der Waals surface area contributed by atoms with Gasteiger partial charge in [-0.15, -0.1) is 0 Å². The van der Waals surface area contributed by atoms with Crippen LogP contribution in [0.4, 0.5) is 0 Å². The molecule has 0 aliphatic heterocycles. The van der Waals surface area contributed by atoms with Gasteiger partial charge in [0.05, 0.1) is 12.0 Å². The summed E-state index contributed by atoms with van der Waals surface area (Å²) in [7, 11) is 2.09. The normalized spacial score (nSPS) is 12.5. The van der Waals surface area contributed by atoms with Crippen LogP contribution in [0.1, 0.15) is 24.8 Å². The third-order valence-electron chi connectivity index (χ3n) is 3.69. The van der Waals surface area contributed by atoms with Gasteiger partial charge in [-0.3, -0.25) is 0 Å². The van der Waals surface area contributed by atoms with Gasteiger partial charge in [-0.1, -0.05) is 49.4 Å². The molecule has 2 nitrogen and oxygen atoms in total. The number of hydrogen-bond acceptors (Lipinski definition) is 2. The molecule has 2 heteroatoms. The van der Waals surface area contributed by atoms with E-state index < -0.39 is 0 Å². The summed E-state index contributed by atoms with van der Waals surface area (Å²) in [5.74, 6) is -0.0277. The SMILES string of the molecule is CCN(C)CC[C@@H](C#N)c1cccc2ccccc12. The molecule has 19 heavy (non-hydrogen) atoms. The molecule has 0 amide bonds. The lowest BCUT2D eigenvalue weighted by Gasteiger charge is -2.17. The summed E-state index contributed by atoms with van der Waals surface area (Å²) < 4.78 is 0. The Labute approximate surface area is 115 Å². The smallest absolute Gasteiger partial charge is 0.0730 e. The van der Waals surface area contributed by atoms with Crippen molar-refractivity contribution in [3.05, 3.63) is 48.0 Å². The van der Waals surface area contributed by atoms with Gasteiger partial charge in [0.2, 0.25) is 0 Å². The van der Waals surface area contributed by atoms with Crippen LogP contribution in [0.15, 0.2) is 42.5 Å². The minimum atomic E-state index is -0.0277. The Bertz CT molecular complexity index is 578. The fourth-order valence-electron chi connectivity index (χ4n) is 2.35. The van der Waals surface area contributed by atoms with Gasteiger partial charge in [-0.2, -0.15) is 5.26 Å². The maximum Gasteiger partial charge on any atom is 0.0730 e. The van der Waals surface area contributed by atoms with Crippen LogP contribution in [0.5, 0.6) is 0 Å². The average Bonchev–Trinajstić information content (AvgIpc) is 2.47. The number of nitriles is 1. The first kappa shape index (κ1) is 13.6. The number of rotatable bonds is 5. The van der Waals surface area contributed by atoms with Gasteiger partial charge < -0.3 is 4.90 Å². The fraction of sp³-hybridized carbons (Fsp3) is 0.353. The van der Waals surface area contributed by atoms with Crippen LogP contribution in [0, 0.1) is 11.3 Å². The van der Waals surface area contributed by atoms with Gasteiger partial charge in [-0.25, -0.2) is 0 Å². The van der Waals surface area contributed by atoms with Crippen molar-refractivity contribution in [1.82, 2.24) is 4.90 Å². The van der Waals surface area contributed by atoms with Crippen molar-refractivity contribution in [1.29, 1.82) is 5.26 Å². The summed E-state index contributed by atoms with van der Waals surface area (Å²) in [5.41, 5.74) is 1.16. The topological polar surface area (TPSA) is 27.0 Å². The number of benzene rings is 2. The molecule has 0 radical (unpaired) electrons. The molecule has 1 atom stereocenters. The molecule has 0 aromatic heterocycles. The lowest BCUT2D eigenvalue weighted by atomic mass is 9.92. The lowest BCUT2D eigenvalue weighted by molar-refractivity contribution is 0.343.